The van der Waals surface area contributed by atoms with Crippen LogP contribution in [0.3, 0.4) is 0 Å². The van der Waals surface area contributed by atoms with Crippen molar-refractivity contribution >= 4 is 17.7 Å². The zero-order valence-corrected chi connectivity index (χ0v) is 12.8. The molecule has 0 saturated carbocycles. The third-order valence-corrected chi connectivity index (χ3v) is 3.06. The molecule has 0 saturated heterocycles. The quantitative estimate of drug-likeness (QED) is 0.668. The molecule has 0 fully saturated rings. The smallest absolute Gasteiger partial charge is 0.266 e. The van der Waals surface area contributed by atoms with Gasteiger partial charge in [0, 0.05) is 11.6 Å². The minimum Gasteiger partial charge on any atom is -0.493 e. The summed E-state index contributed by atoms with van der Waals surface area (Å²) in [6, 6.07) is 11.4. The maximum absolute atomic E-state index is 13.6. The number of carbonyl (C=O) groups excluding carboxylic acids is 1. The Morgan fingerprint density at radius 3 is 2.71 bits per heavy atom. The van der Waals surface area contributed by atoms with Crippen LogP contribution in [0.25, 0.3) is 6.08 Å². The molecule has 0 atom stereocenters. The van der Waals surface area contributed by atoms with E-state index < -0.39 is 17.5 Å². The van der Waals surface area contributed by atoms with Crippen molar-refractivity contribution in [2.45, 2.75) is 6.92 Å². The van der Waals surface area contributed by atoms with Crippen LogP contribution in [0.5, 0.6) is 5.75 Å². The third kappa shape index (κ3) is 4.17. The minimum absolute atomic E-state index is 0.208. The summed E-state index contributed by atoms with van der Waals surface area (Å²) in [6.45, 7) is 2.25. The van der Waals surface area contributed by atoms with Crippen LogP contribution in [0.15, 0.2) is 48.0 Å². The number of rotatable bonds is 5. The highest BCUT2D eigenvalue weighted by Crippen LogP contribution is 2.22. The number of para-hydroxylation sites is 1. The molecule has 0 aliphatic carbocycles. The number of anilines is 1. The Balaban J connectivity index is 2.28. The number of nitriles is 1. The van der Waals surface area contributed by atoms with Crippen molar-refractivity contribution in [1.29, 1.82) is 5.26 Å². The molecule has 122 valence electrons. The van der Waals surface area contributed by atoms with Gasteiger partial charge in [0.25, 0.3) is 5.91 Å². The largest absolute Gasteiger partial charge is 0.493 e. The first-order valence-corrected chi connectivity index (χ1v) is 7.15. The van der Waals surface area contributed by atoms with E-state index in [2.05, 4.69) is 5.32 Å². The summed E-state index contributed by atoms with van der Waals surface area (Å²) >= 11 is 0. The van der Waals surface area contributed by atoms with E-state index >= 15 is 0 Å². The monoisotopic (exact) mass is 328 g/mol. The van der Waals surface area contributed by atoms with Gasteiger partial charge in [0.15, 0.2) is 0 Å². The first kappa shape index (κ1) is 17.2. The first-order valence-electron chi connectivity index (χ1n) is 7.15. The zero-order chi connectivity index (χ0) is 17.5. The van der Waals surface area contributed by atoms with E-state index in [0.29, 0.717) is 24.0 Å². The molecule has 1 N–H and O–H groups in total. The Morgan fingerprint density at radius 1 is 1.29 bits per heavy atom. The molecule has 6 heteroatoms. The molecule has 2 aromatic rings. The number of hydrogen-bond acceptors (Lipinski definition) is 3. The second-order valence-corrected chi connectivity index (χ2v) is 4.72. The van der Waals surface area contributed by atoms with Crippen LogP contribution in [0, 0.1) is 23.0 Å². The van der Waals surface area contributed by atoms with E-state index in [9.17, 15) is 18.8 Å². The molecule has 0 spiro atoms. The molecule has 1 amide bonds. The van der Waals surface area contributed by atoms with Crippen LogP contribution in [0.1, 0.15) is 12.5 Å². The van der Waals surface area contributed by atoms with E-state index in [1.165, 1.54) is 6.08 Å². The second kappa shape index (κ2) is 7.88. The number of nitrogens with zero attached hydrogens (tertiary/aromatic N) is 1. The molecule has 0 aliphatic rings. The molecule has 0 radical (unpaired) electrons. The number of carbonyl (C=O) groups is 1. The van der Waals surface area contributed by atoms with Crippen molar-refractivity contribution in [2.75, 3.05) is 11.9 Å². The molecule has 2 aromatic carbocycles. The third-order valence-electron chi connectivity index (χ3n) is 3.06. The minimum atomic E-state index is -0.921. The topological polar surface area (TPSA) is 62.1 Å². The Bertz CT molecular complexity index is 826. The predicted molar refractivity (Wildman–Crippen MR) is 86.2 cm³/mol. The zero-order valence-electron chi connectivity index (χ0n) is 12.8. The van der Waals surface area contributed by atoms with Crippen molar-refractivity contribution in [3.05, 3.63) is 65.2 Å². The average molecular weight is 328 g/mol. The maximum atomic E-state index is 13.6. The Morgan fingerprint density at radius 2 is 2.04 bits per heavy atom. The highest BCUT2D eigenvalue weighted by atomic mass is 19.1. The van der Waals surface area contributed by atoms with Crippen LogP contribution in [0.4, 0.5) is 14.5 Å². The molecule has 0 aromatic heterocycles. The number of ether oxygens (including phenoxy) is 1. The molecule has 0 unspecified atom stereocenters. The fourth-order valence-corrected chi connectivity index (χ4v) is 1.97. The lowest BCUT2D eigenvalue weighted by Gasteiger charge is -2.08. The van der Waals surface area contributed by atoms with Gasteiger partial charge < -0.3 is 10.1 Å². The molecule has 24 heavy (non-hydrogen) atoms. The number of hydrogen-bond donors (Lipinski definition) is 1. The van der Waals surface area contributed by atoms with E-state index in [1.807, 2.05) is 6.92 Å². The van der Waals surface area contributed by atoms with E-state index in [-0.39, 0.29) is 11.3 Å². The fraction of sp³-hybridized carbons (Fsp3) is 0.111. The molecule has 2 rings (SSSR count). The van der Waals surface area contributed by atoms with Crippen molar-refractivity contribution < 1.29 is 18.3 Å². The van der Waals surface area contributed by atoms with Gasteiger partial charge in [0.2, 0.25) is 0 Å². The summed E-state index contributed by atoms with van der Waals surface area (Å²) in [7, 11) is 0. The van der Waals surface area contributed by atoms with Crippen molar-refractivity contribution in [2.24, 2.45) is 0 Å². The van der Waals surface area contributed by atoms with Gasteiger partial charge in [0.1, 0.15) is 29.0 Å². The van der Waals surface area contributed by atoms with Gasteiger partial charge in [-0.1, -0.05) is 18.2 Å². The highest BCUT2D eigenvalue weighted by Gasteiger charge is 2.13. The Hall–Kier alpha value is -3.20. The summed E-state index contributed by atoms with van der Waals surface area (Å²) in [6.07, 6.45) is 1.35. The van der Waals surface area contributed by atoms with Gasteiger partial charge >= 0.3 is 0 Å². The SMILES string of the molecule is CCOc1ccccc1/C=C(\C#N)C(=O)Nc1ccc(F)cc1F. The first-order chi connectivity index (χ1) is 11.5. The molecule has 4 nitrogen and oxygen atoms in total. The van der Waals surface area contributed by atoms with Crippen LogP contribution in [0.2, 0.25) is 0 Å². The van der Waals surface area contributed by atoms with Gasteiger partial charge in [-0.25, -0.2) is 8.78 Å². The predicted octanol–water partition coefficient (Wildman–Crippen LogP) is 3.91. The fourth-order valence-electron chi connectivity index (χ4n) is 1.97. The van der Waals surface area contributed by atoms with E-state index in [0.717, 1.165) is 12.1 Å². The van der Waals surface area contributed by atoms with Crippen molar-refractivity contribution in [1.82, 2.24) is 0 Å². The summed E-state index contributed by atoms with van der Waals surface area (Å²) in [4.78, 5) is 12.2. The maximum Gasteiger partial charge on any atom is 0.266 e. The Kier molecular flexibility index (Phi) is 5.63. The standard InChI is InChI=1S/C18H14F2N2O2/c1-2-24-17-6-4-3-5-12(17)9-13(11-21)18(23)22-16-8-7-14(19)10-15(16)20/h3-10H,2H2,1H3,(H,22,23)/b13-9+. The van der Waals surface area contributed by atoms with Gasteiger partial charge in [-0.2, -0.15) is 5.26 Å². The van der Waals surface area contributed by atoms with Crippen LogP contribution >= 0.6 is 0 Å². The molecular formula is C18H14F2N2O2. The van der Waals surface area contributed by atoms with E-state index in [4.69, 9.17) is 4.74 Å². The lowest BCUT2D eigenvalue weighted by Crippen LogP contribution is -2.14. The van der Waals surface area contributed by atoms with Gasteiger partial charge in [-0.3, -0.25) is 4.79 Å². The second-order valence-electron chi connectivity index (χ2n) is 4.72. The number of halogens is 2. The van der Waals surface area contributed by atoms with Crippen molar-refractivity contribution in [3.8, 4) is 11.8 Å². The summed E-state index contributed by atoms with van der Waals surface area (Å²) < 4.78 is 31.9. The molecule has 0 heterocycles. The van der Waals surface area contributed by atoms with Crippen LogP contribution in [-0.2, 0) is 4.79 Å². The molecular weight excluding hydrogens is 314 g/mol. The summed E-state index contributed by atoms with van der Waals surface area (Å²) in [5.74, 6) is -1.95. The molecule has 0 aliphatic heterocycles. The number of amides is 1. The van der Waals surface area contributed by atoms with E-state index in [1.54, 1.807) is 30.3 Å². The summed E-state index contributed by atoms with van der Waals surface area (Å²) in [5, 5.41) is 11.4. The lowest BCUT2D eigenvalue weighted by molar-refractivity contribution is -0.112. The normalized spacial score (nSPS) is 10.8. The summed E-state index contributed by atoms with van der Waals surface area (Å²) in [5.41, 5.74) is 0.108. The lowest BCUT2D eigenvalue weighted by atomic mass is 10.1. The van der Waals surface area contributed by atoms with Gasteiger partial charge in [0.05, 0.1) is 12.3 Å². The van der Waals surface area contributed by atoms with Crippen molar-refractivity contribution in [3.63, 3.8) is 0 Å². The molecule has 0 bridgehead atoms. The van der Waals surface area contributed by atoms with Gasteiger partial charge in [-0.05, 0) is 31.2 Å². The number of benzene rings is 2. The Labute approximate surface area is 138 Å². The van der Waals surface area contributed by atoms with Crippen LogP contribution < -0.4 is 10.1 Å². The van der Waals surface area contributed by atoms with Crippen LogP contribution in [-0.4, -0.2) is 12.5 Å². The van der Waals surface area contributed by atoms with Gasteiger partial charge in [-0.15, -0.1) is 0 Å². The average Bonchev–Trinajstić information content (AvgIpc) is 2.56. The number of nitrogens with one attached hydrogen (secondary N) is 1. The highest BCUT2D eigenvalue weighted by molar-refractivity contribution is 6.09.